The van der Waals surface area contributed by atoms with Gasteiger partial charge in [0.1, 0.15) is 12.1 Å². The Bertz CT molecular complexity index is 1060. The minimum atomic E-state index is -0.545. The van der Waals surface area contributed by atoms with Crippen molar-refractivity contribution in [2.24, 2.45) is 0 Å². The van der Waals surface area contributed by atoms with Crippen molar-refractivity contribution >= 4 is 29.3 Å². The van der Waals surface area contributed by atoms with Crippen LogP contribution in [0.5, 0.6) is 0 Å². The predicted octanol–water partition coefficient (Wildman–Crippen LogP) is 2.65. The van der Waals surface area contributed by atoms with Crippen LogP contribution in [0.4, 0.5) is 5.82 Å². The zero-order chi connectivity index (χ0) is 25.7. The number of hydrogen-bond donors (Lipinski definition) is 2. The summed E-state index contributed by atoms with van der Waals surface area (Å²) in [5, 5.41) is 14.2. The number of esters is 1. The summed E-state index contributed by atoms with van der Waals surface area (Å²) in [6.45, 7) is 7.53. The zero-order valence-electron chi connectivity index (χ0n) is 20.8. The van der Waals surface area contributed by atoms with Crippen LogP contribution in [0.2, 0.25) is 5.02 Å². The molecule has 1 saturated heterocycles. The van der Waals surface area contributed by atoms with Gasteiger partial charge in [-0.2, -0.15) is 0 Å². The second kappa shape index (κ2) is 12.0. The average Bonchev–Trinajstić information content (AvgIpc) is 3.18. The smallest absolute Gasteiger partial charge is 0.307 e. The Morgan fingerprint density at radius 3 is 2.61 bits per heavy atom. The monoisotopic (exact) mass is 515 g/mol. The van der Waals surface area contributed by atoms with Crippen LogP contribution in [0, 0.1) is 0 Å². The highest BCUT2D eigenvalue weighted by Gasteiger charge is 2.35. The normalized spacial score (nSPS) is 20.2. The lowest BCUT2D eigenvalue weighted by Crippen LogP contribution is -2.51. The lowest BCUT2D eigenvalue weighted by atomic mass is 9.97. The fraction of sp³-hybridized carbons (Fsp3) is 0.538. The maximum atomic E-state index is 13.6. The lowest BCUT2D eigenvalue weighted by Gasteiger charge is -2.38. The number of halogens is 1. The molecule has 1 fully saturated rings. The van der Waals surface area contributed by atoms with Crippen LogP contribution in [0.1, 0.15) is 61.4 Å². The van der Waals surface area contributed by atoms with Crippen molar-refractivity contribution in [3.63, 3.8) is 0 Å². The van der Waals surface area contributed by atoms with E-state index in [1.165, 1.54) is 6.33 Å². The minimum absolute atomic E-state index is 0.0392. The second-order valence-electron chi connectivity index (χ2n) is 9.32. The number of ether oxygens (including phenoxy) is 1. The summed E-state index contributed by atoms with van der Waals surface area (Å²) in [6, 6.07) is 7.34. The maximum absolute atomic E-state index is 13.6. The van der Waals surface area contributed by atoms with Gasteiger partial charge in [-0.3, -0.25) is 9.59 Å². The summed E-state index contributed by atoms with van der Waals surface area (Å²) >= 11 is 6.08. The Morgan fingerprint density at radius 2 is 1.92 bits per heavy atom. The van der Waals surface area contributed by atoms with E-state index in [4.69, 9.17) is 16.3 Å². The second-order valence-corrected chi connectivity index (χ2v) is 9.76. The third-order valence-electron chi connectivity index (χ3n) is 6.90. The van der Waals surface area contributed by atoms with Crippen LogP contribution >= 0.6 is 11.6 Å². The molecule has 0 unspecified atom stereocenters. The van der Waals surface area contributed by atoms with Gasteiger partial charge in [0.2, 0.25) is 5.91 Å². The third-order valence-corrected chi connectivity index (χ3v) is 7.15. The number of fused-ring (bicyclic) bond motifs is 1. The van der Waals surface area contributed by atoms with E-state index in [0.29, 0.717) is 57.3 Å². The number of rotatable bonds is 9. The third kappa shape index (κ3) is 5.96. The Labute approximate surface area is 216 Å². The highest BCUT2D eigenvalue weighted by Crippen LogP contribution is 2.42. The molecule has 1 aliphatic carbocycles. The molecule has 2 aliphatic rings. The van der Waals surface area contributed by atoms with E-state index in [0.717, 1.165) is 22.6 Å². The van der Waals surface area contributed by atoms with Crippen molar-refractivity contribution < 1.29 is 19.4 Å². The van der Waals surface area contributed by atoms with E-state index in [1.807, 2.05) is 17.0 Å². The lowest BCUT2D eigenvalue weighted by molar-refractivity contribution is -0.142. The molecule has 3 atom stereocenters. The predicted molar refractivity (Wildman–Crippen MR) is 137 cm³/mol. The SMILES string of the molecule is CCOC(=O)CCNC[C@@H](C(=O)N1CCN(c2ncnc3c2[C@H](C)C[C@H]3O)CC1)c1ccc(Cl)cc1. The van der Waals surface area contributed by atoms with Crippen molar-refractivity contribution in [1.82, 2.24) is 20.2 Å². The van der Waals surface area contributed by atoms with Crippen LogP contribution in [0.25, 0.3) is 0 Å². The molecule has 2 heterocycles. The van der Waals surface area contributed by atoms with Gasteiger partial charge in [-0.15, -0.1) is 0 Å². The van der Waals surface area contributed by atoms with E-state index >= 15 is 0 Å². The summed E-state index contributed by atoms with van der Waals surface area (Å²) in [7, 11) is 0. The fourth-order valence-corrected chi connectivity index (χ4v) is 5.15. The Balaban J connectivity index is 1.41. The highest BCUT2D eigenvalue weighted by atomic mass is 35.5. The molecule has 0 radical (unpaired) electrons. The number of aliphatic hydroxyl groups excluding tert-OH is 1. The van der Waals surface area contributed by atoms with Gasteiger partial charge in [0.05, 0.1) is 30.7 Å². The van der Waals surface area contributed by atoms with Gasteiger partial charge in [0.25, 0.3) is 0 Å². The molecule has 0 bridgehead atoms. The molecule has 1 amide bonds. The largest absolute Gasteiger partial charge is 0.466 e. The van der Waals surface area contributed by atoms with Crippen LogP contribution in [-0.4, -0.2) is 77.7 Å². The van der Waals surface area contributed by atoms with Crippen LogP contribution in [-0.2, 0) is 14.3 Å². The Hall–Kier alpha value is -2.75. The quantitative estimate of drug-likeness (QED) is 0.387. The number of anilines is 1. The number of aromatic nitrogens is 2. The number of nitrogens with one attached hydrogen (secondary N) is 1. The van der Waals surface area contributed by atoms with E-state index < -0.39 is 12.0 Å². The molecular weight excluding hydrogens is 482 g/mol. The Morgan fingerprint density at radius 1 is 1.19 bits per heavy atom. The zero-order valence-corrected chi connectivity index (χ0v) is 21.6. The van der Waals surface area contributed by atoms with Crippen LogP contribution in [0.15, 0.2) is 30.6 Å². The standard InChI is InChI=1S/C26H34ClN5O4/c1-3-36-22(34)8-9-28-15-20(18-4-6-19(27)7-5-18)26(35)32-12-10-31(11-13-32)25-23-17(2)14-21(33)24(23)29-16-30-25/h4-7,16-17,20-21,28,33H,3,8-15H2,1-2H3/t17-,20-,21-/m1/s1. The van der Waals surface area contributed by atoms with Crippen molar-refractivity contribution in [1.29, 1.82) is 0 Å². The molecule has 0 saturated carbocycles. The molecular formula is C26H34ClN5O4. The summed E-state index contributed by atoms with van der Waals surface area (Å²) in [4.78, 5) is 38.2. The molecule has 1 aromatic carbocycles. The average molecular weight is 516 g/mol. The van der Waals surface area contributed by atoms with E-state index in [2.05, 4.69) is 27.1 Å². The molecule has 10 heteroatoms. The molecule has 194 valence electrons. The molecule has 1 aromatic heterocycles. The molecule has 36 heavy (non-hydrogen) atoms. The van der Waals surface area contributed by atoms with Crippen molar-refractivity contribution in [2.75, 3.05) is 50.8 Å². The molecule has 4 rings (SSSR count). The minimum Gasteiger partial charge on any atom is -0.466 e. The van der Waals surface area contributed by atoms with Crippen LogP contribution in [0.3, 0.4) is 0 Å². The van der Waals surface area contributed by atoms with Crippen molar-refractivity contribution in [3.8, 4) is 0 Å². The van der Waals surface area contributed by atoms with Crippen molar-refractivity contribution in [3.05, 3.63) is 52.4 Å². The first-order valence-corrected chi connectivity index (χ1v) is 12.9. The van der Waals surface area contributed by atoms with Crippen LogP contribution < -0.4 is 10.2 Å². The number of carbonyl (C=O) groups is 2. The summed E-state index contributed by atoms with van der Waals surface area (Å²) in [5.41, 5.74) is 2.63. The van der Waals surface area contributed by atoms with Gasteiger partial charge in [-0.25, -0.2) is 9.97 Å². The first-order chi connectivity index (χ1) is 17.4. The van der Waals surface area contributed by atoms with Gasteiger partial charge < -0.3 is 25.0 Å². The van der Waals surface area contributed by atoms with Gasteiger partial charge in [-0.05, 0) is 37.0 Å². The number of amides is 1. The fourth-order valence-electron chi connectivity index (χ4n) is 5.03. The molecule has 1 aliphatic heterocycles. The molecule has 2 N–H and O–H groups in total. The highest BCUT2D eigenvalue weighted by molar-refractivity contribution is 6.30. The molecule has 0 spiro atoms. The van der Waals surface area contributed by atoms with Crippen molar-refractivity contribution in [2.45, 2.75) is 44.6 Å². The number of hydrogen-bond acceptors (Lipinski definition) is 8. The van der Waals surface area contributed by atoms with Gasteiger partial charge in [-0.1, -0.05) is 30.7 Å². The number of piperazine rings is 1. The summed E-state index contributed by atoms with van der Waals surface area (Å²) in [5.74, 6) is 0.451. The maximum Gasteiger partial charge on any atom is 0.307 e. The number of aliphatic hydroxyl groups is 1. The Kier molecular flexibility index (Phi) is 8.77. The summed E-state index contributed by atoms with van der Waals surface area (Å²) in [6.07, 6.45) is 1.89. The van der Waals surface area contributed by atoms with E-state index in [1.54, 1.807) is 19.1 Å². The number of benzene rings is 1. The van der Waals surface area contributed by atoms with E-state index in [-0.39, 0.29) is 24.2 Å². The van der Waals surface area contributed by atoms with E-state index in [9.17, 15) is 14.7 Å². The number of carbonyl (C=O) groups excluding carboxylic acids is 2. The first-order valence-electron chi connectivity index (χ1n) is 12.6. The first kappa shape index (κ1) is 26.3. The van der Waals surface area contributed by atoms with Gasteiger partial charge in [0.15, 0.2) is 0 Å². The topological polar surface area (TPSA) is 108 Å². The molecule has 9 nitrogen and oxygen atoms in total. The van der Waals surface area contributed by atoms with Gasteiger partial charge in [0, 0.05) is 49.9 Å². The number of nitrogens with zero attached hydrogens (tertiary/aromatic N) is 4. The molecule has 2 aromatic rings. The summed E-state index contributed by atoms with van der Waals surface area (Å²) < 4.78 is 4.98. The van der Waals surface area contributed by atoms with Gasteiger partial charge >= 0.3 is 5.97 Å².